The maximum Gasteiger partial charge on any atom is 0.287 e. The Bertz CT molecular complexity index is 1280. The maximum atomic E-state index is 14.1. The number of hydrogen-bond donors (Lipinski definition) is 1. The van der Waals surface area contributed by atoms with Gasteiger partial charge in [-0.1, -0.05) is 36.9 Å². The van der Waals surface area contributed by atoms with E-state index in [4.69, 9.17) is 16.3 Å². The Balaban J connectivity index is 0.000000436. The van der Waals surface area contributed by atoms with Crippen molar-refractivity contribution in [3.8, 4) is 0 Å². The van der Waals surface area contributed by atoms with Crippen LogP contribution in [0, 0.1) is 25.6 Å². The van der Waals surface area contributed by atoms with E-state index in [2.05, 4.69) is 23.6 Å². The van der Waals surface area contributed by atoms with Crippen molar-refractivity contribution in [2.45, 2.75) is 58.5 Å². The number of hydrogen-bond acceptors (Lipinski definition) is 5. The van der Waals surface area contributed by atoms with Crippen LogP contribution in [0.1, 0.15) is 49.8 Å². The molecular weight excluding hydrogens is 553 g/mol. The van der Waals surface area contributed by atoms with E-state index < -0.39 is 17.7 Å². The van der Waals surface area contributed by atoms with Crippen LogP contribution >= 0.6 is 11.6 Å². The molecule has 0 bridgehead atoms. The SMILES string of the molecule is C=C/C(F)=C(\C(=C)F)C(C)N1CCC(n2ncc(NCC3CCCOC3)c(Cl)c2=O)CC1.Cc1cccc(F)c1C. The average molecular weight is 593 g/mol. The van der Waals surface area contributed by atoms with Gasteiger partial charge in [0.2, 0.25) is 0 Å². The lowest BCUT2D eigenvalue weighted by Crippen LogP contribution is -2.43. The topological polar surface area (TPSA) is 59.4 Å². The summed E-state index contributed by atoms with van der Waals surface area (Å²) in [6, 6.07) is 4.47. The monoisotopic (exact) mass is 592 g/mol. The summed E-state index contributed by atoms with van der Waals surface area (Å²) in [4.78, 5) is 14.8. The second-order valence-electron chi connectivity index (χ2n) is 10.6. The third kappa shape index (κ3) is 8.56. The largest absolute Gasteiger partial charge is 0.382 e. The first-order valence-corrected chi connectivity index (χ1v) is 14.3. The Morgan fingerprint density at radius 1 is 1.27 bits per heavy atom. The van der Waals surface area contributed by atoms with Crippen LogP contribution in [0.25, 0.3) is 0 Å². The molecule has 2 atom stereocenters. The lowest BCUT2D eigenvalue weighted by Gasteiger charge is -2.36. The molecule has 10 heteroatoms. The zero-order valence-electron chi connectivity index (χ0n) is 24.1. The number of rotatable bonds is 8. The Labute approximate surface area is 245 Å². The van der Waals surface area contributed by atoms with Crippen molar-refractivity contribution in [1.29, 1.82) is 0 Å². The number of aryl methyl sites for hydroxylation is 1. The summed E-state index contributed by atoms with van der Waals surface area (Å²) in [5.41, 5.74) is 1.86. The van der Waals surface area contributed by atoms with Crippen molar-refractivity contribution in [2.24, 2.45) is 5.92 Å². The van der Waals surface area contributed by atoms with E-state index in [1.54, 1.807) is 26.1 Å². The molecule has 1 N–H and O–H groups in total. The third-order valence-electron chi connectivity index (χ3n) is 7.86. The van der Waals surface area contributed by atoms with Gasteiger partial charge >= 0.3 is 0 Å². The molecule has 3 heterocycles. The molecule has 0 aliphatic carbocycles. The number of nitrogens with zero attached hydrogens (tertiary/aromatic N) is 3. The van der Waals surface area contributed by atoms with Gasteiger partial charge in [0.05, 0.1) is 24.5 Å². The number of ether oxygens (including phenoxy) is 1. The number of benzene rings is 1. The fraction of sp³-hybridized carbons (Fsp3) is 0.484. The molecule has 224 valence electrons. The molecule has 2 aromatic rings. The van der Waals surface area contributed by atoms with Crippen LogP contribution in [0.15, 0.2) is 65.7 Å². The van der Waals surface area contributed by atoms with Gasteiger partial charge in [-0.25, -0.2) is 17.9 Å². The first kappa shape index (κ1) is 32.6. The van der Waals surface area contributed by atoms with Crippen LogP contribution in [-0.2, 0) is 4.74 Å². The van der Waals surface area contributed by atoms with Gasteiger partial charge in [-0.15, -0.1) is 0 Å². The molecule has 2 aliphatic rings. The Hall–Kier alpha value is -2.88. The van der Waals surface area contributed by atoms with Gasteiger partial charge < -0.3 is 10.1 Å². The summed E-state index contributed by atoms with van der Waals surface area (Å²) >= 11 is 6.36. The molecule has 2 aliphatic heterocycles. The predicted octanol–water partition coefficient (Wildman–Crippen LogP) is 7.10. The van der Waals surface area contributed by atoms with Crippen molar-refractivity contribution in [2.75, 3.05) is 38.2 Å². The fourth-order valence-corrected chi connectivity index (χ4v) is 5.33. The molecule has 0 saturated carbocycles. The van der Waals surface area contributed by atoms with Crippen LogP contribution in [0.2, 0.25) is 5.02 Å². The highest BCUT2D eigenvalue weighted by molar-refractivity contribution is 6.32. The lowest BCUT2D eigenvalue weighted by atomic mass is 9.99. The third-order valence-corrected chi connectivity index (χ3v) is 8.22. The van der Waals surface area contributed by atoms with Gasteiger partial charge in [-0.05, 0) is 75.6 Å². The van der Waals surface area contributed by atoms with Crippen molar-refractivity contribution < 1.29 is 17.9 Å². The zero-order valence-corrected chi connectivity index (χ0v) is 24.8. The van der Waals surface area contributed by atoms with Crippen LogP contribution in [0.4, 0.5) is 18.9 Å². The summed E-state index contributed by atoms with van der Waals surface area (Å²) in [7, 11) is 0. The molecule has 4 rings (SSSR count). The van der Waals surface area contributed by atoms with Crippen molar-refractivity contribution >= 4 is 17.3 Å². The van der Waals surface area contributed by atoms with Gasteiger partial charge in [0.15, 0.2) is 0 Å². The molecular formula is C31H40ClF3N4O2. The van der Waals surface area contributed by atoms with Gasteiger partial charge in [-0.3, -0.25) is 9.69 Å². The smallest absolute Gasteiger partial charge is 0.287 e. The van der Waals surface area contributed by atoms with Gasteiger partial charge in [0.25, 0.3) is 5.56 Å². The minimum absolute atomic E-state index is 0.0874. The summed E-state index contributed by atoms with van der Waals surface area (Å²) < 4.78 is 47.4. The molecule has 1 aromatic carbocycles. The van der Waals surface area contributed by atoms with Gasteiger partial charge in [0.1, 0.15) is 22.5 Å². The molecule has 1 aromatic heterocycles. The fourth-order valence-electron chi connectivity index (χ4n) is 5.13. The van der Waals surface area contributed by atoms with E-state index in [0.717, 1.165) is 36.7 Å². The van der Waals surface area contributed by atoms with E-state index in [0.29, 0.717) is 50.7 Å². The summed E-state index contributed by atoms with van der Waals surface area (Å²) in [6.07, 6.45) is 5.92. The average Bonchev–Trinajstić information content (AvgIpc) is 2.97. The number of nitrogens with one attached hydrogen (secondary N) is 1. The number of allylic oxidation sites excluding steroid dienone is 2. The molecule has 0 spiro atoms. The maximum absolute atomic E-state index is 14.1. The zero-order chi connectivity index (χ0) is 30.1. The second kappa shape index (κ2) is 15.4. The minimum atomic E-state index is -0.801. The standard InChI is InChI=1S/C23H31ClF2N4O2.C8H9F/c1-4-19(26)21(15(2)25)16(3)29-9-7-18(8-10-29)30-23(31)22(24)20(13-28-30)27-12-17-6-5-11-32-14-17;1-6-4-3-5-8(9)7(6)2/h4,13,16-18,27H,1-2,5-12,14H2,3H3;3-5H,1-2H3/b21-19-;. The summed E-state index contributed by atoms with van der Waals surface area (Å²) in [5.74, 6) is -1.24. The highest BCUT2D eigenvalue weighted by Gasteiger charge is 2.29. The molecule has 41 heavy (non-hydrogen) atoms. The van der Waals surface area contributed by atoms with Crippen molar-refractivity contribution in [1.82, 2.24) is 14.7 Å². The van der Waals surface area contributed by atoms with Gasteiger partial charge in [0, 0.05) is 37.9 Å². The lowest BCUT2D eigenvalue weighted by molar-refractivity contribution is 0.0595. The first-order chi connectivity index (χ1) is 19.5. The number of likely N-dealkylation sites (tertiary alicyclic amines) is 1. The number of halogens is 4. The predicted molar refractivity (Wildman–Crippen MR) is 159 cm³/mol. The van der Waals surface area contributed by atoms with Crippen LogP contribution in [0.3, 0.4) is 0 Å². The first-order valence-electron chi connectivity index (χ1n) is 14.0. The highest BCUT2D eigenvalue weighted by Crippen LogP contribution is 2.29. The number of anilines is 1. The quantitative estimate of drug-likeness (QED) is 0.332. The highest BCUT2D eigenvalue weighted by atomic mass is 35.5. The normalized spacial score (nSPS) is 19.4. The Morgan fingerprint density at radius 2 is 1.98 bits per heavy atom. The van der Waals surface area contributed by atoms with Gasteiger partial charge in [-0.2, -0.15) is 5.10 Å². The van der Waals surface area contributed by atoms with Crippen LogP contribution in [0.5, 0.6) is 0 Å². The molecule has 2 fully saturated rings. The Morgan fingerprint density at radius 3 is 2.54 bits per heavy atom. The molecule has 0 amide bonds. The number of aromatic nitrogens is 2. The summed E-state index contributed by atoms with van der Waals surface area (Å²) in [6.45, 7) is 15.4. The van der Waals surface area contributed by atoms with Crippen LogP contribution in [-0.4, -0.2) is 53.6 Å². The Kier molecular flexibility index (Phi) is 12.2. The number of piperidine rings is 1. The summed E-state index contributed by atoms with van der Waals surface area (Å²) in [5, 5.41) is 7.70. The van der Waals surface area contributed by atoms with Crippen molar-refractivity contribution in [3.63, 3.8) is 0 Å². The van der Waals surface area contributed by atoms with Crippen LogP contribution < -0.4 is 10.9 Å². The minimum Gasteiger partial charge on any atom is -0.382 e. The van der Waals surface area contributed by atoms with E-state index >= 15 is 0 Å². The van der Waals surface area contributed by atoms with E-state index in [-0.39, 0.29) is 28.0 Å². The van der Waals surface area contributed by atoms with E-state index in [1.165, 1.54) is 10.7 Å². The molecule has 2 unspecified atom stereocenters. The molecule has 6 nitrogen and oxygen atoms in total. The molecule has 0 radical (unpaired) electrons. The second-order valence-corrected chi connectivity index (χ2v) is 11.0. The molecule has 2 saturated heterocycles. The van der Waals surface area contributed by atoms with E-state index in [9.17, 15) is 18.0 Å². The van der Waals surface area contributed by atoms with E-state index in [1.807, 2.05) is 17.9 Å². The van der Waals surface area contributed by atoms with Crippen molar-refractivity contribution in [3.05, 3.63) is 93.2 Å².